The SMILES string of the molecule is Cc1ccccc1-c1noc(CSc2nc3[nH]ncc3c(=O)n2-c2ccc(F)c(F)c2)n1. The fourth-order valence-electron chi connectivity index (χ4n) is 3.20. The molecule has 3 heterocycles. The number of aromatic nitrogens is 6. The third kappa shape index (κ3) is 3.56. The van der Waals surface area contributed by atoms with Crippen molar-refractivity contribution in [2.75, 3.05) is 0 Å². The summed E-state index contributed by atoms with van der Waals surface area (Å²) >= 11 is 1.14. The molecule has 0 unspecified atom stereocenters. The van der Waals surface area contributed by atoms with Gasteiger partial charge in [0.05, 0.1) is 17.6 Å². The van der Waals surface area contributed by atoms with Crippen molar-refractivity contribution in [3.8, 4) is 17.1 Å². The van der Waals surface area contributed by atoms with Gasteiger partial charge in [0.1, 0.15) is 5.39 Å². The molecular formula is C21H14F2N6O2S. The highest BCUT2D eigenvalue weighted by Crippen LogP contribution is 2.26. The Bertz CT molecular complexity index is 1510. The standard InChI is InChI=1S/C21H14F2N6O2S/c1-11-4-2-3-5-13(11)19-25-17(31-28-19)10-32-21-26-18-14(9-24-27-18)20(30)29(21)12-6-7-15(22)16(23)8-12/h2-9H,10H2,1H3,(H,24,27). The third-order valence-electron chi connectivity index (χ3n) is 4.79. The van der Waals surface area contributed by atoms with E-state index in [4.69, 9.17) is 4.52 Å². The summed E-state index contributed by atoms with van der Waals surface area (Å²) in [5.41, 5.74) is 1.80. The maximum absolute atomic E-state index is 13.9. The molecule has 0 saturated heterocycles. The van der Waals surface area contributed by atoms with Gasteiger partial charge < -0.3 is 4.52 Å². The van der Waals surface area contributed by atoms with Gasteiger partial charge in [0.2, 0.25) is 11.7 Å². The smallest absolute Gasteiger partial charge is 0.269 e. The van der Waals surface area contributed by atoms with E-state index in [0.29, 0.717) is 11.7 Å². The van der Waals surface area contributed by atoms with Crippen molar-refractivity contribution in [3.63, 3.8) is 0 Å². The number of benzene rings is 2. The summed E-state index contributed by atoms with van der Waals surface area (Å²) in [4.78, 5) is 21.9. The molecule has 1 N–H and O–H groups in total. The monoisotopic (exact) mass is 452 g/mol. The molecule has 160 valence electrons. The highest BCUT2D eigenvalue weighted by atomic mass is 32.2. The Morgan fingerprint density at radius 3 is 2.78 bits per heavy atom. The number of H-pyrrole nitrogens is 1. The molecular weight excluding hydrogens is 438 g/mol. The highest BCUT2D eigenvalue weighted by Gasteiger charge is 2.18. The van der Waals surface area contributed by atoms with Gasteiger partial charge in [0.25, 0.3) is 5.56 Å². The molecule has 0 bridgehead atoms. The Morgan fingerprint density at radius 1 is 1.12 bits per heavy atom. The first-order valence-electron chi connectivity index (χ1n) is 9.44. The molecule has 0 atom stereocenters. The number of hydrogen-bond acceptors (Lipinski definition) is 7. The molecule has 32 heavy (non-hydrogen) atoms. The van der Waals surface area contributed by atoms with E-state index in [1.54, 1.807) is 0 Å². The Kier molecular flexibility index (Phi) is 5.02. The first-order chi connectivity index (χ1) is 15.5. The van der Waals surface area contributed by atoms with Gasteiger partial charge in [-0.25, -0.2) is 13.8 Å². The molecule has 0 aliphatic heterocycles. The lowest BCUT2D eigenvalue weighted by atomic mass is 10.1. The molecule has 0 fully saturated rings. The van der Waals surface area contributed by atoms with Crippen LogP contribution in [0.15, 0.2) is 63.1 Å². The van der Waals surface area contributed by atoms with Crippen LogP contribution in [0.25, 0.3) is 28.1 Å². The Balaban J connectivity index is 1.51. The summed E-state index contributed by atoms with van der Waals surface area (Å²) in [5, 5.41) is 11.0. The van der Waals surface area contributed by atoms with Crippen LogP contribution in [0, 0.1) is 18.6 Å². The molecule has 0 aliphatic rings. The van der Waals surface area contributed by atoms with E-state index in [9.17, 15) is 13.6 Å². The minimum Gasteiger partial charge on any atom is -0.338 e. The van der Waals surface area contributed by atoms with Crippen molar-refractivity contribution >= 4 is 22.8 Å². The van der Waals surface area contributed by atoms with E-state index in [0.717, 1.165) is 35.0 Å². The molecule has 0 aliphatic carbocycles. The van der Waals surface area contributed by atoms with E-state index in [2.05, 4.69) is 25.3 Å². The first-order valence-corrected chi connectivity index (χ1v) is 10.4. The molecule has 5 aromatic rings. The number of halogens is 2. The Labute approximate surface area is 183 Å². The normalized spacial score (nSPS) is 11.3. The van der Waals surface area contributed by atoms with Crippen molar-refractivity contribution in [2.45, 2.75) is 17.8 Å². The van der Waals surface area contributed by atoms with Crippen molar-refractivity contribution in [2.24, 2.45) is 0 Å². The predicted octanol–water partition coefficient (Wildman–Crippen LogP) is 4.04. The zero-order chi connectivity index (χ0) is 22.2. The molecule has 5 rings (SSSR count). The van der Waals surface area contributed by atoms with Gasteiger partial charge in [-0.05, 0) is 24.6 Å². The second-order valence-corrected chi connectivity index (χ2v) is 7.82. The Hall–Kier alpha value is -3.86. The molecule has 0 radical (unpaired) electrons. The summed E-state index contributed by atoms with van der Waals surface area (Å²) in [6.07, 6.45) is 1.34. The van der Waals surface area contributed by atoms with Gasteiger partial charge in [-0.2, -0.15) is 10.1 Å². The molecule has 3 aromatic heterocycles. The fraction of sp³-hybridized carbons (Fsp3) is 0.0952. The minimum absolute atomic E-state index is 0.137. The molecule has 11 heteroatoms. The average Bonchev–Trinajstić information content (AvgIpc) is 3.44. The Morgan fingerprint density at radius 2 is 1.97 bits per heavy atom. The lowest BCUT2D eigenvalue weighted by molar-refractivity contribution is 0.391. The van der Waals surface area contributed by atoms with Gasteiger partial charge in [-0.3, -0.25) is 14.5 Å². The number of aromatic amines is 1. The summed E-state index contributed by atoms with van der Waals surface area (Å²) in [5.74, 6) is -1.10. The number of hydrogen-bond donors (Lipinski definition) is 1. The third-order valence-corrected chi connectivity index (χ3v) is 5.71. The fourth-order valence-corrected chi connectivity index (χ4v) is 4.04. The van der Waals surface area contributed by atoms with Gasteiger partial charge >= 0.3 is 0 Å². The van der Waals surface area contributed by atoms with Crippen LogP contribution in [0.1, 0.15) is 11.5 Å². The number of fused-ring (bicyclic) bond motifs is 1. The van der Waals surface area contributed by atoms with Crippen molar-refractivity contribution < 1.29 is 13.3 Å². The maximum atomic E-state index is 13.9. The van der Waals surface area contributed by atoms with Crippen molar-refractivity contribution in [1.29, 1.82) is 0 Å². The van der Waals surface area contributed by atoms with Gasteiger partial charge in [0, 0.05) is 11.6 Å². The topological polar surface area (TPSA) is 102 Å². The van der Waals surface area contributed by atoms with Crippen LogP contribution >= 0.6 is 11.8 Å². The lowest BCUT2D eigenvalue weighted by Gasteiger charge is -2.11. The summed E-state index contributed by atoms with van der Waals surface area (Å²) < 4.78 is 33.8. The molecule has 0 spiro atoms. The second-order valence-electron chi connectivity index (χ2n) is 6.88. The summed E-state index contributed by atoms with van der Waals surface area (Å²) in [7, 11) is 0. The summed E-state index contributed by atoms with van der Waals surface area (Å²) in [6.45, 7) is 1.95. The summed E-state index contributed by atoms with van der Waals surface area (Å²) in [6, 6.07) is 10.9. The molecule has 2 aromatic carbocycles. The average molecular weight is 452 g/mol. The van der Waals surface area contributed by atoms with Gasteiger partial charge in [0.15, 0.2) is 22.4 Å². The van der Waals surface area contributed by atoms with Crippen LogP contribution < -0.4 is 5.56 Å². The first kappa shape index (κ1) is 20.1. The number of nitrogens with one attached hydrogen (secondary N) is 1. The van der Waals surface area contributed by atoms with Crippen LogP contribution in [0.5, 0.6) is 0 Å². The quantitative estimate of drug-likeness (QED) is 0.317. The zero-order valence-corrected chi connectivity index (χ0v) is 17.4. The molecule has 8 nitrogen and oxygen atoms in total. The molecule has 0 saturated carbocycles. The predicted molar refractivity (Wildman–Crippen MR) is 113 cm³/mol. The van der Waals surface area contributed by atoms with E-state index in [1.807, 2.05) is 31.2 Å². The minimum atomic E-state index is -1.07. The van der Waals surface area contributed by atoms with Crippen LogP contribution in [0.4, 0.5) is 8.78 Å². The second kappa shape index (κ2) is 8.00. The number of nitrogens with zero attached hydrogens (tertiary/aromatic N) is 5. The largest absolute Gasteiger partial charge is 0.338 e. The van der Waals surface area contributed by atoms with Gasteiger partial charge in [-0.15, -0.1) is 0 Å². The van der Waals surface area contributed by atoms with Crippen LogP contribution in [0.2, 0.25) is 0 Å². The lowest BCUT2D eigenvalue weighted by Crippen LogP contribution is -2.21. The molecule has 0 amide bonds. The van der Waals surface area contributed by atoms with Crippen LogP contribution in [-0.4, -0.2) is 29.9 Å². The van der Waals surface area contributed by atoms with E-state index < -0.39 is 17.2 Å². The highest BCUT2D eigenvalue weighted by molar-refractivity contribution is 7.98. The van der Waals surface area contributed by atoms with Crippen LogP contribution in [-0.2, 0) is 5.75 Å². The number of rotatable bonds is 5. The van der Waals surface area contributed by atoms with Crippen molar-refractivity contribution in [1.82, 2.24) is 29.9 Å². The van der Waals surface area contributed by atoms with Crippen LogP contribution in [0.3, 0.4) is 0 Å². The maximum Gasteiger partial charge on any atom is 0.269 e. The van der Waals surface area contributed by atoms with Crippen molar-refractivity contribution in [3.05, 3.63) is 82.1 Å². The zero-order valence-electron chi connectivity index (χ0n) is 16.5. The van der Waals surface area contributed by atoms with E-state index >= 15 is 0 Å². The number of thioether (sulfide) groups is 1. The van der Waals surface area contributed by atoms with Gasteiger partial charge in [-0.1, -0.05) is 41.2 Å². The van der Waals surface area contributed by atoms with E-state index in [-0.39, 0.29) is 27.6 Å². The van der Waals surface area contributed by atoms with E-state index in [1.165, 1.54) is 16.8 Å². The number of aryl methyl sites for hydroxylation is 1.